The van der Waals surface area contributed by atoms with E-state index in [9.17, 15) is 9.90 Å². The highest BCUT2D eigenvalue weighted by Gasteiger charge is 2.15. The lowest BCUT2D eigenvalue weighted by molar-refractivity contribution is 0.127. The number of ether oxygens (including phenoxy) is 1. The van der Waals surface area contributed by atoms with Crippen LogP contribution < -0.4 is 5.32 Å². The molecule has 0 saturated heterocycles. The van der Waals surface area contributed by atoms with Gasteiger partial charge >= 0.3 is 6.09 Å². The summed E-state index contributed by atoms with van der Waals surface area (Å²) in [5.41, 5.74) is 0. The number of aliphatic hydroxyl groups is 1. The molecule has 0 aromatic heterocycles. The molecule has 0 aromatic rings. The third kappa shape index (κ3) is 18.1. The maximum atomic E-state index is 11.6. The van der Waals surface area contributed by atoms with Gasteiger partial charge in [0.25, 0.3) is 0 Å². The number of allylic oxidation sites excluding steroid dienone is 2. The number of rotatable bonds is 18. The Kier molecular flexibility index (Phi) is 19.0. The van der Waals surface area contributed by atoms with Crippen molar-refractivity contribution in [2.24, 2.45) is 5.92 Å². The molecule has 0 radical (unpaired) electrons. The fourth-order valence-electron chi connectivity index (χ4n) is 2.95. The van der Waals surface area contributed by atoms with E-state index in [0.29, 0.717) is 6.61 Å². The van der Waals surface area contributed by atoms with Crippen LogP contribution in [0.1, 0.15) is 104 Å². The summed E-state index contributed by atoms with van der Waals surface area (Å²) >= 11 is 0. The molecule has 0 rings (SSSR count). The molecule has 27 heavy (non-hydrogen) atoms. The van der Waals surface area contributed by atoms with E-state index in [2.05, 4.69) is 24.4 Å². The van der Waals surface area contributed by atoms with Crippen LogP contribution in [0.2, 0.25) is 0 Å². The maximum Gasteiger partial charge on any atom is 0.407 e. The van der Waals surface area contributed by atoms with Gasteiger partial charge in [-0.3, -0.25) is 0 Å². The van der Waals surface area contributed by atoms with Gasteiger partial charge in [0.1, 0.15) is 0 Å². The highest BCUT2D eigenvalue weighted by atomic mass is 16.5. The third-order valence-electron chi connectivity index (χ3n) is 4.94. The van der Waals surface area contributed by atoms with Crippen molar-refractivity contribution >= 4 is 6.09 Å². The van der Waals surface area contributed by atoms with Gasteiger partial charge in [-0.15, -0.1) is 0 Å². The fraction of sp³-hybridized carbons (Fsp3) is 0.870. The van der Waals surface area contributed by atoms with Gasteiger partial charge in [-0.2, -0.15) is 0 Å². The van der Waals surface area contributed by atoms with Gasteiger partial charge in [0.15, 0.2) is 0 Å². The van der Waals surface area contributed by atoms with E-state index in [4.69, 9.17) is 4.74 Å². The monoisotopic (exact) mass is 383 g/mol. The first-order chi connectivity index (χ1) is 13.1. The van der Waals surface area contributed by atoms with E-state index < -0.39 is 6.09 Å². The van der Waals surface area contributed by atoms with Crippen molar-refractivity contribution in [3.05, 3.63) is 12.2 Å². The molecule has 2 N–H and O–H groups in total. The third-order valence-corrected chi connectivity index (χ3v) is 4.94. The van der Waals surface area contributed by atoms with Crippen molar-refractivity contribution in [3.63, 3.8) is 0 Å². The van der Waals surface area contributed by atoms with Crippen LogP contribution in [0.4, 0.5) is 4.79 Å². The molecule has 0 aliphatic carbocycles. The zero-order chi connectivity index (χ0) is 20.2. The minimum Gasteiger partial charge on any atom is -0.450 e. The van der Waals surface area contributed by atoms with E-state index in [0.717, 1.165) is 12.8 Å². The average Bonchev–Trinajstić information content (AvgIpc) is 2.65. The lowest BCUT2D eigenvalue weighted by Crippen LogP contribution is -2.41. The van der Waals surface area contributed by atoms with Gasteiger partial charge in [0, 0.05) is 0 Å². The first-order valence-electron chi connectivity index (χ1n) is 11.3. The fourth-order valence-corrected chi connectivity index (χ4v) is 2.95. The van der Waals surface area contributed by atoms with Crippen LogP contribution in [0, 0.1) is 5.92 Å². The Morgan fingerprint density at radius 2 is 1.41 bits per heavy atom. The number of carbonyl (C=O) groups excluding carboxylic acids is 1. The van der Waals surface area contributed by atoms with Crippen LogP contribution in [0.15, 0.2) is 12.2 Å². The minimum atomic E-state index is -0.416. The Balaban J connectivity index is 3.31. The van der Waals surface area contributed by atoms with Crippen LogP contribution in [0.3, 0.4) is 0 Å². The van der Waals surface area contributed by atoms with E-state index >= 15 is 0 Å². The molecule has 0 aliphatic heterocycles. The number of unbranched alkanes of at least 4 members (excludes halogenated alkanes) is 11. The van der Waals surface area contributed by atoms with Gasteiger partial charge in [0.2, 0.25) is 0 Å². The molecule has 4 nitrogen and oxygen atoms in total. The number of amides is 1. The van der Waals surface area contributed by atoms with E-state index in [1.54, 1.807) is 0 Å². The second-order valence-electron chi connectivity index (χ2n) is 7.90. The SMILES string of the molecule is CCCCCC/C=C\CCCCCCCCCOC(=O)N[C@H](CO)C(C)C. The molecule has 0 aliphatic rings. The molecule has 0 saturated carbocycles. The molecule has 1 amide bonds. The number of alkyl carbamates (subject to hydrolysis) is 1. The minimum absolute atomic E-state index is 0.0541. The Hall–Kier alpha value is -1.03. The summed E-state index contributed by atoms with van der Waals surface area (Å²) in [5, 5.41) is 11.9. The van der Waals surface area contributed by atoms with Gasteiger partial charge < -0.3 is 15.2 Å². The van der Waals surface area contributed by atoms with Crippen LogP contribution >= 0.6 is 0 Å². The number of aliphatic hydroxyl groups excluding tert-OH is 1. The largest absolute Gasteiger partial charge is 0.450 e. The highest BCUT2D eigenvalue weighted by molar-refractivity contribution is 5.67. The first-order valence-corrected chi connectivity index (χ1v) is 11.3. The van der Waals surface area contributed by atoms with Crippen LogP contribution in [-0.4, -0.2) is 30.5 Å². The molecule has 0 bridgehead atoms. The van der Waals surface area contributed by atoms with Crippen LogP contribution in [-0.2, 0) is 4.74 Å². The topological polar surface area (TPSA) is 58.6 Å². The normalized spacial score (nSPS) is 12.6. The number of hydrogen-bond donors (Lipinski definition) is 2. The molecule has 0 fully saturated rings. The standard InChI is InChI=1S/C23H45NO3/c1-4-5-6-7-8-9-10-11-12-13-14-15-16-17-18-19-27-23(26)24-22(20-25)21(2)3/h9-10,21-22,25H,4-8,11-20H2,1-3H3,(H,24,26)/b10-9-/t22-/m1/s1. The predicted molar refractivity (Wildman–Crippen MR) is 115 cm³/mol. The Labute approximate surface area is 168 Å². The summed E-state index contributed by atoms with van der Waals surface area (Å²) < 4.78 is 5.17. The van der Waals surface area contributed by atoms with Crippen molar-refractivity contribution in [2.45, 2.75) is 110 Å². The smallest absolute Gasteiger partial charge is 0.407 e. The van der Waals surface area contributed by atoms with Crippen LogP contribution in [0.25, 0.3) is 0 Å². The molecule has 160 valence electrons. The maximum absolute atomic E-state index is 11.6. The summed E-state index contributed by atoms with van der Waals surface area (Å²) in [6, 6.07) is -0.228. The first kappa shape index (κ1) is 26.0. The van der Waals surface area contributed by atoms with Gasteiger partial charge in [-0.05, 0) is 38.0 Å². The zero-order valence-corrected chi connectivity index (χ0v) is 18.2. The van der Waals surface area contributed by atoms with Crippen molar-refractivity contribution in [1.29, 1.82) is 0 Å². The van der Waals surface area contributed by atoms with Crippen molar-refractivity contribution < 1.29 is 14.6 Å². The molecule has 0 heterocycles. The molecular weight excluding hydrogens is 338 g/mol. The summed E-state index contributed by atoms with van der Waals surface area (Å²) in [5.74, 6) is 0.198. The quantitative estimate of drug-likeness (QED) is 0.213. The second kappa shape index (κ2) is 19.7. The second-order valence-corrected chi connectivity index (χ2v) is 7.90. The zero-order valence-electron chi connectivity index (χ0n) is 18.2. The lowest BCUT2D eigenvalue weighted by atomic mass is 10.1. The van der Waals surface area contributed by atoms with Crippen LogP contribution in [0.5, 0.6) is 0 Å². The summed E-state index contributed by atoms with van der Waals surface area (Å²) in [7, 11) is 0. The average molecular weight is 384 g/mol. The summed E-state index contributed by atoms with van der Waals surface area (Å²) in [4.78, 5) is 11.6. The molecule has 1 atom stereocenters. The molecular formula is C23H45NO3. The number of hydrogen-bond acceptors (Lipinski definition) is 3. The summed E-state index contributed by atoms with van der Waals surface area (Å²) in [6.45, 7) is 6.59. The Bertz CT molecular complexity index is 356. The van der Waals surface area contributed by atoms with E-state index in [1.165, 1.54) is 70.6 Å². The van der Waals surface area contributed by atoms with Crippen molar-refractivity contribution in [3.8, 4) is 0 Å². The molecule has 0 aromatic carbocycles. The highest BCUT2D eigenvalue weighted by Crippen LogP contribution is 2.10. The summed E-state index contributed by atoms with van der Waals surface area (Å²) in [6.07, 6.45) is 20.6. The predicted octanol–water partition coefficient (Wildman–Crippen LogP) is 6.38. The molecule has 0 unspecified atom stereocenters. The van der Waals surface area contributed by atoms with E-state index in [1.807, 2.05) is 13.8 Å². The van der Waals surface area contributed by atoms with E-state index in [-0.39, 0.29) is 18.6 Å². The van der Waals surface area contributed by atoms with Gasteiger partial charge in [-0.1, -0.05) is 84.3 Å². The molecule has 0 spiro atoms. The number of nitrogens with one attached hydrogen (secondary N) is 1. The van der Waals surface area contributed by atoms with Crippen molar-refractivity contribution in [1.82, 2.24) is 5.32 Å². The van der Waals surface area contributed by atoms with Crippen molar-refractivity contribution in [2.75, 3.05) is 13.2 Å². The molecule has 4 heteroatoms. The number of carbonyl (C=O) groups is 1. The lowest BCUT2D eigenvalue weighted by Gasteiger charge is -2.19. The Morgan fingerprint density at radius 1 is 0.889 bits per heavy atom. The van der Waals surface area contributed by atoms with Gasteiger partial charge in [-0.25, -0.2) is 4.79 Å². The van der Waals surface area contributed by atoms with Gasteiger partial charge in [0.05, 0.1) is 19.3 Å². The Morgan fingerprint density at radius 3 is 1.93 bits per heavy atom.